The maximum Gasteiger partial charge on any atom is 0.122 e. The fraction of sp³-hybridized carbons (Fsp3) is 0.182. The van der Waals surface area contributed by atoms with Crippen LogP contribution in [0.5, 0.6) is 0 Å². The summed E-state index contributed by atoms with van der Waals surface area (Å²) in [4.78, 5) is 13.6. The van der Waals surface area contributed by atoms with Gasteiger partial charge in [0.25, 0.3) is 0 Å². The number of aryl methyl sites for hydroxylation is 2. The maximum atomic E-state index is 5.83. The lowest BCUT2D eigenvalue weighted by Gasteiger charge is -2.06. The van der Waals surface area contributed by atoms with Crippen LogP contribution in [-0.2, 0) is 0 Å². The molecule has 2 aromatic rings. The van der Waals surface area contributed by atoms with Crippen LogP contribution in [0.25, 0.3) is 0 Å². The van der Waals surface area contributed by atoms with E-state index in [-0.39, 0.29) is 0 Å². The second-order valence-electron chi connectivity index (χ2n) is 3.42. The predicted molar refractivity (Wildman–Crippen MR) is 64.3 cm³/mol. The summed E-state index contributed by atoms with van der Waals surface area (Å²) in [5.41, 5.74) is 8.30. The molecule has 2 heterocycles. The fourth-order valence-corrected chi connectivity index (χ4v) is 2.10. The molecular weight excluding hydrogens is 220 g/mol. The largest absolute Gasteiger partial charge is 0.397 e. The van der Waals surface area contributed by atoms with E-state index in [9.17, 15) is 0 Å². The van der Waals surface area contributed by atoms with Gasteiger partial charge in [-0.3, -0.25) is 9.97 Å². The highest BCUT2D eigenvalue weighted by molar-refractivity contribution is 7.99. The number of pyridine rings is 1. The van der Waals surface area contributed by atoms with Gasteiger partial charge in [0.2, 0.25) is 0 Å². The molecule has 0 saturated carbocycles. The molecule has 0 amide bonds. The molecule has 4 nitrogen and oxygen atoms in total. The molecule has 16 heavy (non-hydrogen) atoms. The summed E-state index contributed by atoms with van der Waals surface area (Å²) >= 11 is 1.52. The first kappa shape index (κ1) is 10.9. The molecule has 0 aromatic carbocycles. The topological polar surface area (TPSA) is 64.7 Å². The number of hydrogen-bond acceptors (Lipinski definition) is 5. The first-order valence-electron chi connectivity index (χ1n) is 4.84. The Hall–Kier alpha value is -1.62. The second kappa shape index (κ2) is 4.49. The molecule has 2 rings (SSSR count). The molecule has 0 unspecified atom stereocenters. The SMILES string of the molecule is Cc1cnc(C)c(Sc2ccncc2N)n1. The van der Waals surface area contributed by atoms with Gasteiger partial charge < -0.3 is 5.73 Å². The van der Waals surface area contributed by atoms with Crippen molar-refractivity contribution >= 4 is 17.4 Å². The Morgan fingerprint density at radius 3 is 2.81 bits per heavy atom. The van der Waals surface area contributed by atoms with E-state index in [1.165, 1.54) is 11.8 Å². The third-order valence-corrected chi connectivity index (χ3v) is 3.22. The number of aromatic nitrogens is 3. The third-order valence-electron chi connectivity index (χ3n) is 2.05. The number of nitrogen functional groups attached to an aromatic ring is 1. The smallest absolute Gasteiger partial charge is 0.122 e. The summed E-state index contributed by atoms with van der Waals surface area (Å²) < 4.78 is 0. The zero-order valence-electron chi connectivity index (χ0n) is 9.14. The Labute approximate surface area is 98.3 Å². The minimum Gasteiger partial charge on any atom is -0.397 e. The molecule has 0 radical (unpaired) electrons. The number of nitrogens with two attached hydrogens (primary N) is 1. The van der Waals surface area contributed by atoms with Crippen molar-refractivity contribution in [1.29, 1.82) is 0 Å². The standard InChI is InChI=1S/C11H12N4S/c1-7-5-14-8(2)11(15-7)16-10-3-4-13-6-9(10)12/h3-6H,12H2,1-2H3. The normalized spacial score (nSPS) is 10.4. The summed E-state index contributed by atoms with van der Waals surface area (Å²) in [7, 11) is 0. The van der Waals surface area contributed by atoms with Gasteiger partial charge in [-0.25, -0.2) is 4.98 Å². The van der Waals surface area contributed by atoms with Crippen molar-refractivity contribution in [3.63, 3.8) is 0 Å². The first-order valence-corrected chi connectivity index (χ1v) is 5.66. The predicted octanol–water partition coefficient (Wildman–Crippen LogP) is 2.22. The van der Waals surface area contributed by atoms with E-state index in [0.717, 1.165) is 21.3 Å². The first-order chi connectivity index (χ1) is 7.66. The Bertz CT molecular complexity index is 513. The highest BCUT2D eigenvalue weighted by Gasteiger charge is 2.06. The van der Waals surface area contributed by atoms with Gasteiger partial charge in [-0.1, -0.05) is 11.8 Å². The Morgan fingerprint density at radius 1 is 1.25 bits per heavy atom. The summed E-state index contributed by atoms with van der Waals surface area (Å²) in [5, 5.41) is 0.887. The molecule has 2 aromatic heterocycles. The molecule has 0 bridgehead atoms. The molecule has 0 aliphatic rings. The van der Waals surface area contributed by atoms with Gasteiger partial charge in [0.1, 0.15) is 5.03 Å². The van der Waals surface area contributed by atoms with Gasteiger partial charge in [-0.15, -0.1) is 0 Å². The molecule has 5 heteroatoms. The van der Waals surface area contributed by atoms with Crippen LogP contribution in [0.2, 0.25) is 0 Å². The Kier molecular flexibility index (Phi) is 3.05. The van der Waals surface area contributed by atoms with Crippen LogP contribution in [0.3, 0.4) is 0 Å². The maximum absolute atomic E-state index is 5.83. The van der Waals surface area contributed by atoms with Crippen molar-refractivity contribution in [2.45, 2.75) is 23.8 Å². The van der Waals surface area contributed by atoms with Crippen molar-refractivity contribution in [3.05, 3.63) is 36.0 Å². The molecule has 0 aliphatic carbocycles. The van der Waals surface area contributed by atoms with Gasteiger partial charge in [0, 0.05) is 17.3 Å². The quantitative estimate of drug-likeness (QED) is 0.860. The van der Waals surface area contributed by atoms with Crippen LogP contribution in [0.15, 0.2) is 34.6 Å². The summed E-state index contributed by atoms with van der Waals surface area (Å²) in [5.74, 6) is 0. The third kappa shape index (κ3) is 2.30. The van der Waals surface area contributed by atoms with E-state index in [1.807, 2.05) is 19.9 Å². The second-order valence-corrected chi connectivity index (χ2v) is 4.45. The van der Waals surface area contributed by atoms with Crippen molar-refractivity contribution in [2.75, 3.05) is 5.73 Å². The summed E-state index contributed by atoms with van der Waals surface area (Å²) in [6, 6.07) is 1.88. The van der Waals surface area contributed by atoms with Crippen molar-refractivity contribution in [1.82, 2.24) is 15.0 Å². The molecule has 0 saturated heterocycles. The van der Waals surface area contributed by atoms with Crippen LogP contribution in [0.1, 0.15) is 11.4 Å². The number of nitrogens with zero attached hydrogens (tertiary/aromatic N) is 3. The molecule has 0 atom stereocenters. The average molecular weight is 232 g/mol. The lowest BCUT2D eigenvalue weighted by atomic mass is 10.4. The van der Waals surface area contributed by atoms with E-state index >= 15 is 0 Å². The van der Waals surface area contributed by atoms with Crippen molar-refractivity contribution in [3.8, 4) is 0 Å². The number of anilines is 1. The van der Waals surface area contributed by atoms with Gasteiger partial charge in [0.15, 0.2) is 0 Å². The van der Waals surface area contributed by atoms with Crippen LogP contribution < -0.4 is 5.73 Å². The van der Waals surface area contributed by atoms with E-state index < -0.39 is 0 Å². The zero-order chi connectivity index (χ0) is 11.5. The van der Waals surface area contributed by atoms with Gasteiger partial charge >= 0.3 is 0 Å². The molecule has 2 N–H and O–H groups in total. The van der Waals surface area contributed by atoms with Gasteiger partial charge in [-0.05, 0) is 19.9 Å². The molecule has 0 aliphatic heterocycles. The highest BCUT2D eigenvalue weighted by atomic mass is 32.2. The minimum atomic E-state index is 0.662. The Balaban J connectivity index is 2.34. The Morgan fingerprint density at radius 2 is 2.06 bits per heavy atom. The average Bonchev–Trinajstić information content (AvgIpc) is 2.27. The molecule has 82 valence electrons. The minimum absolute atomic E-state index is 0.662. The van der Waals surface area contributed by atoms with Gasteiger partial charge in [-0.2, -0.15) is 0 Å². The molecule has 0 spiro atoms. The van der Waals surface area contributed by atoms with Crippen LogP contribution >= 0.6 is 11.8 Å². The van der Waals surface area contributed by atoms with E-state index in [1.54, 1.807) is 18.6 Å². The van der Waals surface area contributed by atoms with Crippen molar-refractivity contribution < 1.29 is 0 Å². The van der Waals surface area contributed by atoms with Crippen LogP contribution in [-0.4, -0.2) is 15.0 Å². The van der Waals surface area contributed by atoms with Crippen molar-refractivity contribution in [2.24, 2.45) is 0 Å². The van der Waals surface area contributed by atoms with E-state index in [4.69, 9.17) is 5.73 Å². The monoisotopic (exact) mass is 232 g/mol. The molecule has 0 fully saturated rings. The summed E-state index contributed by atoms with van der Waals surface area (Å²) in [6.07, 6.45) is 5.12. The lowest BCUT2D eigenvalue weighted by Crippen LogP contribution is -1.94. The number of hydrogen-bond donors (Lipinski definition) is 1. The molecular formula is C11H12N4S. The lowest BCUT2D eigenvalue weighted by molar-refractivity contribution is 0.946. The van der Waals surface area contributed by atoms with Crippen LogP contribution in [0.4, 0.5) is 5.69 Å². The van der Waals surface area contributed by atoms with E-state index in [2.05, 4.69) is 15.0 Å². The van der Waals surface area contributed by atoms with Crippen LogP contribution in [0, 0.1) is 13.8 Å². The fourth-order valence-electron chi connectivity index (χ4n) is 1.20. The summed E-state index contributed by atoms with van der Waals surface area (Å²) in [6.45, 7) is 3.86. The highest BCUT2D eigenvalue weighted by Crippen LogP contribution is 2.31. The zero-order valence-corrected chi connectivity index (χ0v) is 9.95. The number of rotatable bonds is 2. The van der Waals surface area contributed by atoms with E-state index in [0.29, 0.717) is 5.69 Å². The van der Waals surface area contributed by atoms with Gasteiger partial charge in [0.05, 0.1) is 23.3 Å².